The van der Waals surface area contributed by atoms with Crippen molar-refractivity contribution in [2.75, 3.05) is 44.7 Å². The van der Waals surface area contributed by atoms with Gasteiger partial charge in [0.1, 0.15) is 0 Å². The molecule has 0 saturated carbocycles. The molecule has 0 unspecified atom stereocenters. The summed E-state index contributed by atoms with van der Waals surface area (Å²) >= 11 is 0. The normalized spacial score (nSPS) is 14.3. The fraction of sp³-hybridized carbons (Fsp3) is 0.471. The second kappa shape index (κ2) is 8.28. The number of anilines is 1. The maximum absolute atomic E-state index is 13.5. The summed E-state index contributed by atoms with van der Waals surface area (Å²) in [6.07, 6.45) is 6.63. The highest BCUT2D eigenvalue weighted by Crippen LogP contribution is 2.25. The molecule has 0 spiro atoms. The molecule has 1 aliphatic rings. The number of carbonyl (C=O) groups is 1. The van der Waals surface area contributed by atoms with Gasteiger partial charge < -0.3 is 19.9 Å². The van der Waals surface area contributed by atoms with Crippen LogP contribution in [0, 0.1) is 18.2 Å². The lowest BCUT2D eigenvalue weighted by Crippen LogP contribution is -2.52. The van der Waals surface area contributed by atoms with Gasteiger partial charge in [0.15, 0.2) is 11.6 Å². The summed E-state index contributed by atoms with van der Waals surface area (Å²) in [4.78, 5) is 15.9. The van der Waals surface area contributed by atoms with Crippen LogP contribution in [0.1, 0.15) is 12.8 Å². The Kier molecular flexibility index (Phi) is 6.10. The van der Waals surface area contributed by atoms with E-state index in [1.54, 1.807) is 17.0 Å². The van der Waals surface area contributed by atoms with Gasteiger partial charge in [0.2, 0.25) is 0 Å². The van der Waals surface area contributed by atoms with Crippen molar-refractivity contribution in [3.63, 3.8) is 0 Å². The monoisotopic (exact) mass is 319 g/mol. The van der Waals surface area contributed by atoms with Crippen molar-refractivity contribution in [3.8, 4) is 18.1 Å². The number of rotatable bonds is 5. The van der Waals surface area contributed by atoms with Crippen LogP contribution >= 0.6 is 0 Å². The minimum absolute atomic E-state index is 0.0571. The van der Waals surface area contributed by atoms with Crippen LogP contribution in [0.3, 0.4) is 0 Å². The molecule has 0 aliphatic carbocycles. The van der Waals surface area contributed by atoms with E-state index in [0.29, 0.717) is 39.1 Å². The standard InChI is InChI=1S/C17H22FN3O2/c1-3-4-5-8-19-17(22)21-11-9-20(10-12-21)14-6-7-15(18)16(13-14)23-2/h1,6-7,13H,4-5,8-12H2,2H3,(H,19,22). The molecule has 1 fully saturated rings. The van der Waals surface area contributed by atoms with E-state index in [9.17, 15) is 9.18 Å². The summed E-state index contributed by atoms with van der Waals surface area (Å²) in [7, 11) is 1.45. The van der Waals surface area contributed by atoms with Gasteiger partial charge in [-0.05, 0) is 18.6 Å². The third kappa shape index (κ3) is 4.52. The number of terminal acetylenes is 1. The second-order valence-electron chi connectivity index (χ2n) is 5.33. The summed E-state index contributed by atoms with van der Waals surface area (Å²) in [6, 6.07) is 4.76. The lowest BCUT2D eigenvalue weighted by atomic mass is 10.2. The van der Waals surface area contributed by atoms with Crippen LogP contribution < -0.4 is 15.0 Å². The number of carbonyl (C=O) groups excluding carboxylic acids is 1. The highest BCUT2D eigenvalue weighted by Gasteiger charge is 2.21. The maximum Gasteiger partial charge on any atom is 0.317 e. The zero-order valence-electron chi connectivity index (χ0n) is 13.3. The van der Waals surface area contributed by atoms with Crippen LogP contribution in [0.4, 0.5) is 14.9 Å². The highest BCUT2D eigenvalue weighted by molar-refractivity contribution is 5.74. The van der Waals surface area contributed by atoms with Crippen LogP contribution in [-0.4, -0.2) is 50.8 Å². The summed E-state index contributed by atoms with van der Waals surface area (Å²) in [5.74, 6) is 2.41. The van der Waals surface area contributed by atoms with Crippen molar-refractivity contribution in [2.45, 2.75) is 12.8 Å². The average molecular weight is 319 g/mol. The molecule has 1 saturated heterocycles. The molecule has 1 aromatic rings. The number of nitrogens with one attached hydrogen (secondary N) is 1. The number of urea groups is 1. The molecule has 5 nitrogen and oxygen atoms in total. The van der Waals surface area contributed by atoms with Gasteiger partial charge in [0, 0.05) is 50.9 Å². The number of amides is 2. The van der Waals surface area contributed by atoms with Gasteiger partial charge in [-0.15, -0.1) is 12.3 Å². The topological polar surface area (TPSA) is 44.8 Å². The first-order valence-electron chi connectivity index (χ1n) is 7.70. The van der Waals surface area contributed by atoms with Crippen molar-refractivity contribution in [1.82, 2.24) is 10.2 Å². The molecule has 124 valence electrons. The Morgan fingerprint density at radius 3 is 2.78 bits per heavy atom. The molecule has 6 heteroatoms. The molecule has 2 rings (SSSR count). The molecule has 1 aliphatic heterocycles. The molecular formula is C17H22FN3O2. The molecule has 0 atom stereocenters. The Balaban J connectivity index is 1.84. The minimum atomic E-state index is -0.374. The molecule has 1 N–H and O–H groups in total. The lowest BCUT2D eigenvalue weighted by molar-refractivity contribution is 0.194. The van der Waals surface area contributed by atoms with Gasteiger partial charge in [0.25, 0.3) is 0 Å². The van der Waals surface area contributed by atoms with E-state index >= 15 is 0 Å². The third-order valence-electron chi connectivity index (χ3n) is 3.84. The molecule has 23 heavy (non-hydrogen) atoms. The largest absolute Gasteiger partial charge is 0.494 e. The Bertz CT molecular complexity index is 578. The molecule has 2 amide bonds. The van der Waals surface area contributed by atoms with Gasteiger partial charge >= 0.3 is 6.03 Å². The summed E-state index contributed by atoms with van der Waals surface area (Å²) in [5.41, 5.74) is 0.900. The van der Waals surface area contributed by atoms with E-state index in [2.05, 4.69) is 16.1 Å². The van der Waals surface area contributed by atoms with E-state index in [1.807, 2.05) is 0 Å². The van der Waals surface area contributed by atoms with E-state index in [0.717, 1.165) is 12.1 Å². The SMILES string of the molecule is C#CCCCNC(=O)N1CCN(c2ccc(F)c(OC)c2)CC1. The van der Waals surface area contributed by atoms with E-state index in [-0.39, 0.29) is 17.6 Å². The van der Waals surface area contributed by atoms with Crippen molar-refractivity contribution in [2.24, 2.45) is 0 Å². The lowest BCUT2D eigenvalue weighted by Gasteiger charge is -2.36. The number of methoxy groups -OCH3 is 1. The maximum atomic E-state index is 13.5. The van der Waals surface area contributed by atoms with Crippen molar-refractivity contribution in [3.05, 3.63) is 24.0 Å². The fourth-order valence-electron chi connectivity index (χ4n) is 2.51. The number of halogens is 1. The Hall–Kier alpha value is -2.42. The third-order valence-corrected chi connectivity index (χ3v) is 3.84. The second-order valence-corrected chi connectivity index (χ2v) is 5.33. The van der Waals surface area contributed by atoms with Crippen molar-refractivity contribution < 1.29 is 13.9 Å². The zero-order chi connectivity index (χ0) is 16.7. The number of hydrogen-bond acceptors (Lipinski definition) is 3. The van der Waals surface area contributed by atoms with Gasteiger partial charge in [-0.3, -0.25) is 0 Å². The minimum Gasteiger partial charge on any atom is -0.494 e. The van der Waals surface area contributed by atoms with Crippen LogP contribution in [0.15, 0.2) is 18.2 Å². The number of unbranched alkanes of at least 4 members (excludes halogenated alkanes) is 1. The van der Waals surface area contributed by atoms with Crippen LogP contribution in [0.5, 0.6) is 5.75 Å². The van der Waals surface area contributed by atoms with Crippen molar-refractivity contribution >= 4 is 11.7 Å². The van der Waals surface area contributed by atoms with E-state index < -0.39 is 0 Å². The molecule has 0 aromatic heterocycles. The van der Waals surface area contributed by atoms with Gasteiger partial charge in [-0.25, -0.2) is 9.18 Å². The molecule has 1 aromatic carbocycles. The van der Waals surface area contributed by atoms with Crippen LogP contribution in [-0.2, 0) is 0 Å². The highest BCUT2D eigenvalue weighted by atomic mass is 19.1. The Labute approximate surface area is 136 Å². The summed E-state index contributed by atoms with van der Waals surface area (Å²) in [5, 5.41) is 2.87. The first kappa shape index (κ1) is 16.9. The van der Waals surface area contributed by atoms with Gasteiger partial charge in [0.05, 0.1) is 7.11 Å². The first-order valence-corrected chi connectivity index (χ1v) is 7.70. The van der Waals surface area contributed by atoms with Crippen molar-refractivity contribution in [1.29, 1.82) is 0 Å². The van der Waals surface area contributed by atoms with E-state index in [1.165, 1.54) is 13.2 Å². The fourth-order valence-corrected chi connectivity index (χ4v) is 2.51. The number of nitrogens with zero attached hydrogens (tertiary/aromatic N) is 2. The summed E-state index contributed by atoms with van der Waals surface area (Å²) < 4.78 is 18.5. The number of ether oxygens (including phenoxy) is 1. The molecule has 0 radical (unpaired) electrons. The van der Waals surface area contributed by atoms with Gasteiger partial charge in [-0.2, -0.15) is 0 Å². The molecular weight excluding hydrogens is 297 g/mol. The first-order chi connectivity index (χ1) is 11.2. The number of benzene rings is 1. The molecule has 0 bridgehead atoms. The predicted molar refractivity (Wildman–Crippen MR) is 88.2 cm³/mol. The Morgan fingerprint density at radius 2 is 2.13 bits per heavy atom. The molecule has 1 heterocycles. The smallest absolute Gasteiger partial charge is 0.317 e. The average Bonchev–Trinajstić information content (AvgIpc) is 2.59. The Morgan fingerprint density at radius 1 is 1.39 bits per heavy atom. The number of piperazine rings is 1. The van der Waals surface area contributed by atoms with E-state index in [4.69, 9.17) is 11.2 Å². The summed E-state index contributed by atoms with van der Waals surface area (Å²) in [6.45, 7) is 3.25. The van der Waals surface area contributed by atoms with Crippen LogP contribution in [0.25, 0.3) is 0 Å². The van der Waals surface area contributed by atoms with Crippen LogP contribution in [0.2, 0.25) is 0 Å². The quantitative estimate of drug-likeness (QED) is 0.667. The van der Waals surface area contributed by atoms with Gasteiger partial charge in [-0.1, -0.05) is 0 Å². The predicted octanol–water partition coefficient (Wildman–Crippen LogP) is 2.08. The zero-order valence-corrected chi connectivity index (χ0v) is 13.3. The number of hydrogen-bond donors (Lipinski definition) is 1.